The lowest BCUT2D eigenvalue weighted by molar-refractivity contribution is -0.143. The van der Waals surface area contributed by atoms with E-state index in [1.54, 1.807) is 6.07 Å². The summed E-state index contributed by atoms with van der Waals surface area (Å²) >= 11 is 5.85. The van der Waals surface area contributed by atoms with Crippen LogP contribution in [0.15, 0.2) is 48.9 Å². The summed E-state index contributed by atoms with van der Waals surface area (Å²) in [4.78, 5) is 38.9. The van der Waals surface area contributed by atoms with Crippen LogP contribution in [0.1, 0.15) is 6.42 Å². The number of ether oxygens (including phenoxy) is 2. The number of halogens is 2. The number of carbonyl (C=O) groups is 2. The van der Waals surface area contributed by atoms with E-state index in [0.717, 1.165) is 13.1 Å². The van der Waals surface area contributed by atoms with Gasteiger partial charge >= 0.3 is 5.97 Å². The molecule has 12 heteroatoms. The number of benzene rings is 1. The Morgan fingerprint density at radius 2 is 2.03 bits per heavy atom. The van der Waals surface area contributed by atoms with Gasteiger partial charge in [0.25, 0.3) is 0 Å². The number of aromatic nitrogens is 3. The van der Waals surface area contributed by atoms with E-state index < -0.39 is 17.7 Å². The highest BCUT2D eigenvalue weighted by atomic mass is 35.5. The van der Waals surface area contributed by atoms with E-state index in [1.807, 2.05) is 0 Å². The van der Waals surface area contributed by atoms with Crippen LogP contribution in [0.3, 0.4) is 0 Å². The smallest absolute Gasteiger partial charge is 0.309 e. The number of esters is 1. The molecule has 3 aromatic rings. The average Bonchev–Trinajstić information content (AvgIpc) is 2.87. The van der Waals surface area contributed by atoms with Crippen LogP contribution in [0.4, 0.5) is 21.7 Å². The molecule has 0 aliphatic carbocycles. The molecule has 0 atom stereocenters. The molecule has 1 aliphatic rings. The van der Waals surface area contributed by atoms with Gasteiger partial charge in [-0.1, -0.05) is 17.7 Å². The van der Waals surface area contributed by atoms with E-state index >= 15 is 0 Å². The largest absolute Gasteiger partial charge is 0.464 e. The van der Waals surface area contributed by atoms with Gasteiger partial charge in [0.15, 0.2) is 0 Å². The lowest BCUT2D eigenvalue weighted by Crippen LogP contribution is -2.38. The molecule has 0 bridgehead atoms. The normalized spacial score (nSPS) is 14.2. The lowest BCUT2D eigenvalue weighted by Gasteiger charge is -2.26. The molecule has 10 nitrogen and oxygen atoms in total. The van der Waals surface area contributed by atoms with Crippen molar-refractivity contribution in [3.8, 4) is 0 Å². The Morgan fingerprint density at radius 3 is 2.83 bits per heavy atom. The van der Waals surface area contributed by atoms with Crippen molar-refractivity contribution in [1.82, 2.24) is 19.9 Å². The number of pyridine rings is 1. The fourth-order valence-corrected chi connectivity index (χ4v) is 3.62. The molecule has 1 amide bonds. The molecule has 1 aliphatic heterocycles. The third-order valence-corrected chi connectivity index (χ3v) is 5.57. The predicted octanol–water partition coefficient (Wildman–Crippen LogP) is 3.32. The van der Waals surface area contributed by atoms with E-state index in [2.05, 4.69) is 30.5 Å². The summed E-state index contributed by atoms with van der Waals surface area (Å²) in [6, 6.07) is 5.81. The molecule has 0 radical (unpaired) electrons. The highest BCUT2D eigenvalue weighted by Gasteiger charge is 2.11. The fraction of sp³-hybridized carbons (Fsp3) is 0.292. The summed E-state index contributed by atoms with van der Waals surface area (Å²) in [6.07, 6.45) is 5.51. The molecule has 2 N–H and O–H groups in total. The molecule has 1 saturated heterocycles. The van der Waals surface area contributed by atoms with Gasteiger partial charge in [0.05, 0.1) is 36.4 Å². The molecule has 1 fully saturated rings. The van der Waals surface area contributed by atoms with Gasteiger partial charge in [0.2, 0.25) is 5.91 Å². The van der Waals surface area contributed by atoms with Gasteiger partial charge in [-0.2, -0.15) is 0 Å². The quantitative estimate of drug-likeness (QED) is 0.327. The van der Waals surface area contributed by atoms with E-state index in [1.165, 1.54) is 42.9 Å². The number of morpholine rings is 1. The van der Waals surface area contributed by atoms with Crippen LogP contribution in [-0.4, -0.2) is 71.2 Å². The summed E-state index contributed by atoms with van der Waals surface area (Å²) in [7, 11) is 0. The molecule has 36 heavy (non-hydrogen) atoms. The molecule has 4 rings (SSSR count). The zero-order valence-electron chi connectivity index (χ0n) is 19.2. The van der Waals surface area contributed by atoms with Crippen LogP contribution in [0.2, 0.25) is 5.02 Å². The maximum absolute atomic E-state index is 13.5. The number of fused-ring (bicyclic) bond motifs is 1. The van der Waals surface area contributed by atoms with Crippen LogP contribution in [0.25, 0.3) is 10.9 Å². The summed E-state index contributed by atoms with van der Waals surface area (Å²) in [5.74, 6) is -0.709. The third kappa shape index (κ3) is 7.17. The second kappa shape index (κ2) is 12.3. The highest BCUT2D eigenvalue weighted by molar-refractivity contribution is 6.31. The van der Waals surface area contributed by atoms with Gasteiger partial charge in [0.1, 0.15) is 30.4 Å². The molecule has 0 spiro atoms. The van der Waals surface area contributed by atoms with Crippen molar-refractivity contribution in [3.05, 3.63) is 59.8 Å². The molecular formula is C24H24ClFN6O4. The first kappa shape index (κ1) is 25.4. The number of nitrogens with one attached hydrogen (secondary N) is 2. The van der Waals surface area contributed by atoms with Gasteiger partial charge < -0.3 is 20.1 Å². The second-order valence-electron chi connectivity index (χ2n) is 7.83. The summed E-state index contributed by atoms with van der Waals surface area (Å²) in [6.45, 7) is 3.97. The number of rotatable bonds is 9. The number of anilines is 3. The SMILES string of the molecule is O=C(C=CCC(=O)OCCN1CCOCC1)Nc1cc2c(Nc3ccc(F)c(Cl)c3)ncnc2cn1. The van der Waals surface area contributed by atoms with Crippen molar-refractivity contribution < 1.29 is 23.5 Å². The first-order valence-corrected chi connectivity index (χ1v) is 11.6. The van der Waals surface area contributed by atoms with Crippen molar-refractivity contribution in [2.75, 3.05) is 50.1 Å². The minimum absolute atomic E-state index is 0.0240. The Labute approximate surface area is 211 Å². The van der Waals surface area contributed by atoms with Crippen LogP contribution >= 0.6 is 11.6 Å². The fourth-order valence-electron chi connectivity index (χ4n) is 3.44. The highest BCUT2D eigenvalue weighted by Crippen LogP contribution is 2.26. The Kier molecular flexibility index (Phi) is 8.71. The minimum Gasteiger partial charge on any atom is -0.464 e. The Hall–Kier alpha value is -3.67. The molecule has 0 saturated carbocycles. The maximum atomic E-state index is 13.5. The molecule has 188 valence electrons. The van der Waals surface area contributed by atoms with E-state index in [-0.39, 0.29) is 17.3 Å². The molecule has 1 aromatic carbocycles. The van der Waals surface area contributed by atoms with Gasteiger partial charge in [-0.25, -0.2) is 19.3 Å². The minimum atomic E-state index is -0.529. The van der Waals surface area contributed by atoms with Crippen LogP contribution in [0.5, 0.6) is 0 Å². The standard InChI is InChI=1S/C24H24ClFN6O4/c25-18-12-16(4-5-19(18)26)30-24-17-13-21(27-14-20(17)28-15-29-24)31-22(33)2-1-3-23(34)36-11-8-32-6-9-35-10-7-32/h1-2,4-5,12-15H,3,6-11H2,(H,27,31,33)(H,28,29,30). The topological polar surface area (TPSA) is 119 Å². The zero-order chi connectivity index (χ0) is 25.3. The number of hydrogen-bond acceptors (Lipinski definition) is 9. The Balaban J connectivity index is 1.31. The molecule has 2 aromatic heterocycles. The van der Waals surface area contributed by atoms with Crippen LogP contribution in [-0.2, 0) is 19.1 Å². The van der Waals surface area contributed by atoms with Crippen molar-refractivity contribution in [2.45, 2.75) is 6.42 Å². The first-order valence-electron chi connectivity index (χ1n) is 11.2. The summed E-state index contributed by atoms with van der Waals surface area (Å²) < 4.78 is 23.9. The summed E-state index contributed by atoms with van der Waals surface area (Å²) in [5, 5.41) is 6.26. The second-order valence-corrected chi connectivity index (χ2v) is 8.24. The first-order chi connectivity index (χ1) is 17.5. The molecular weight excluding hydrogens is 491 g/mol. The Bertz CT molecular complexity index is 1270. The monoisotopic (exact) mass is 514 g/mol. The van der Waals surface area contributed by atoms with E-state index in [4.69, 9.17) is 21.1 Å². The number of carbonyl (C=O) groups excluding carboxylic acids is 2. The number of hydrogen-bond donors (Lipinski definition) is 2. The number of nitrogens with zero attached hydrogens (tertiary/aromatic N) is 4. The third-order valence-electron chi connectivity index (χ3n) is 5.28. The average molecular weight is 515 g/mol. The number of amides is 1. The van der Waals surface area contributed by atoms with Crippen molar-refractivity contribution in [3.63, 3.8) is 0 Å². The van der Waals surface area contributed by atoms with Crippen molar-refractivity contribution in [1.29, 1.82) is 0 Å². The van der Waals surface area contributed by atoms with Gasteiger partial charge in [-0.3, -0.25) is 14.5 Å². The maximum Gasteiger partial charge on any atom is 0.309 e. The van der Waals surface area contributed by atoms with Gasteiger partial charge in [0, 0.05) is 30.7 Å². The van der Waals surface area contributed by atoms with E-state index in [9.17, 15) is 14.0 Å². The van der Waals surface area contributed by atoms with Gasteiger partial charge in [-0.15, -0.1) is 0 Å². The molecule has 3 heterocycles. The summed E-state index contributed by atoms with van der Waals surface area (Å²) in [5.41, 5.74) is 1.07. The Morgan fingerprint density at radius 1 is 1.19 bits per heavy atom. The predicted molar refractivity (Wildman–Crippen MR) is 133 cm³/mol. The van der Waals surface area contributed by atoms with Gasteiger partial charge in [-0.05, 0) is 30.3 Å². The van der Waals surface area contributed by atoms with Crippen LogP contribution in [0, 0.1) is 5.82 Å². The zero-order valence-corrected chi connectivity index (χ0v) is 20.0. The van der Waals surface area contributed by atoms with Crippen molar-refractivity contribution in [2.24, 2.45) is 0 Å². The molecule has 0 unspecified atom stereocenters. The lowest BCUT2D eigenvalue weighted by atomic mass is 10.2. The van der Waals surface area contributed by atoms with Crippen molar-refractivity contribution >= 4 is 51.7 Å². The van der Waals surface area contributed by atoms with E-state index in [0.29, 0.717) is 48.8 Å². The van der Waals surface area contributed by atoms with Crippen LogP contribution < -0.4 is 10.6 Å².